The van der Waals surface area contributed by atoms with E-state index >= 15 is 0 Å². The van der Waals surface area contributed by atoms with Crippen LogP contribution in [-0.2, 0) is 32.0 Å². The number of fused-ring (bicyclic) bond motifs is 1. The van der Waals surface area contributed by atoms with Crippen molar-refractivity contribution in [3.63, 3.8) is 0 Å². The zero-order valence-electron chi connectivity index (χ0n) is 18.2. The normalized spacial score (nSPS) is 17.7. The van der Waals surface area contributed by atoms with Crippen LogP contribution < -0.4 is 0 Å². The number of aliphatic hydroxyl groups excluding tert-OH is 1. The smallest absolute Gasteiger partial charge is 0.410 e. The molecule has 31 heavy (non-hydrogen) atoms. The fourth-order valence-electron chi connectivity index (χ4n) is 3.58. The van der Waals surface area contributed by atoms with Crippen molar-refractivity contribution in [3.05, 3.63) is 65.2 Å². The standard InChI is InChI=1S/C23H29NO6S/c1-16-9-5-8-12-21(16)31(27,28)29-15-20(25)19-13-17-10-6-7-11-18(17)14-24(19)22(26)30-23(2,3)4/h5-12,19-20,25H,13-15H2,1-4H3/t19-,20?/m0/s1. The number of carbonyl (C=O) groups excluding carboxylic acids is 1. The number of aryl methyl sites for hydroxylation is 1. The van der Waals surface area contributed by atoms with Gasteiger partial charge in [0.1, 0.15) is 5.60 Å². The minimum absolute atomic E-state index is 0.0557. The van der Waals surface area contributed by atoms with Crippen LogP contribution in [0.15, 0.2) is 53.4 Å². The molecule has 1 N–H and O–H groups in total. The molecule has 0 bridgehead atoms. The summed E-state index contributed by atoms with van der Waals surface area (Å²) in [7, 11) is -4.05. The van der Waals surface area contributed by atoms with E-state index in [1.54, 1.807) is 45.9 Å². The number of nitrogens with zero attached hydrogens (tertiary/aromatic N) is 1. The van der Waals surface area contributed by atoms with E-state index in [1.165, 1.54) is 11.0 Å². The van der Waals surface area contributed by atoms with Gasteiger partial charge in [-0.25, -0.2) is 4.79 Å². The molecule has 1 amide bonds. The van der Waals surface area contributed by atoms with Crippen LogP contribution in [0.4, 0.5) is 4.79 Å². The third-order valence-corrected chi connectivity index (χ3v) is 6.56. The first-order chi connectivity index (χ1) is 14.5. The van der Waals surface area contributed by atoms with Crippen LogP contribution >= 0.6 is 0 Å². The molecule has 0 spiro atoms. The monoisotopic (exact) mass is 447 g/mol. The summed E-state index contributed by atoms with van der Waals surface area (Å²) in [4.78, 5) is 14.3. The van der Waals surface area contributed by atoms with Gasteiger partial charge in [0.2, 0.25) is 0 Å². The molecule has 2 aromatic carbocycles. The number of ether oxygens (including phenoxy) is 1. The third kappa shape index (κ3) is 5.64. The topological polar surface area (TPSA) is 93.1 Å². The average Bonchev–Trinajstić information content (AvgIpc) is 2.70. The Morgan fingerprint density at radius 1 is 1.13 bits per heavy atom. The molecular weight excluding hydrogens is 418 g/mol. The molecule has 0 aliphatic carbocycles. The molecule has 7 nitrogen and oxygen atoms in total. The molecule has 0 aromatic heterocycles. The van der Waals surface area contributed by atoms with Gasteiger partial charge >= 0.3 is 6.09 Å². The quantitative estimate of drug-likeness (QED) is 0.706. The van der Waals surface area contributed by atoms with Gasteiger partial charge in [0.25, 0.3) is 10.1 Å². The zero-order valence-corrected chi connectivity index (χ0v) is 19.1. The molecule has 1 heterocycles. The molecule has 1 unspecified atom stereocenters. The lowest BCUT2D eigenvalue weighted by atomic mass is 9.91. The van der Waals surface area contributed by atoms with Gasteiger partial charge in [-0.15, -0.1) is 0 Å². The van der Waals surface area contributed by atoms with Crippen molar-refractivity contribution in [2.75, 3.05) is 6.61 Å². The lowest BCUT2D eigenvalue weighted by molar-refractivity contribution is -0.0208. The van der Waals surface area contributed by atoms with Crippen LogP contribution in [0, 0.1) is 6.92 Å². The first-order valence-corrected chi connectivity index (χ1v) is 11.6. The maximum Gasteiger partial charge on any atom is 0.410 e. The van der Waals surface area contributed by atoms with Gasteiger partial charge in [0, 0.05) is 6.54 Å². The zero-order chi connectivity index (χ0) is 22.8. The van der Waals surface area contributed by atoms with Crippen molar-refractivity contribution >= 4 is 16.2 Å². The molecule has 1 aliphatic heterocycles. The molecule has 168 valence electrons. The number of carbonyl (C=O) groups is 1. The van der Waals surface area contributed by atoms with E-state index in [4.69, 9.17) is 8.92 Å². The van der Waals surface area contributed by atoms with Crippen molar-refractivity contribution in [1.29, 1.82) is 0 Å². The highest BCUT2D eigenvalue weighted by atomic mass is 32.2. The second kappa shape index (κ2) is 8.98. The lowest BCUT2D eigenvalue weighted by Crippen LogP contribution is -2.53. The van der Waals surface area contributed by atoms with Crippen LogP contribution in [-0.4, -0.2) is 48.9 Å². The molecule has 3 rings (SSSR count). The van der Waals surface area contributed by atoms with E-state index in [-0.39, 0.29) is 11.4 Å². The Balaban J connectivity index is 1.80. The lowest BCUT2D eigenvalue weighted by Gasteiger charge is -2.39. The third-order valence-electron chi connectivity index (χ3n) is 5.12. The summed E-state index contributed by atoms with van der Waals surface area (Å²) in [5, 5.41) is 10.9. The summed E-state index contributed by atoms with van der Waals surface area (Å²) in [5.74, 6) is 0. The molecule has 2 aromatic rings. The molecule has 8 heteroatoms. The molecule has 0 saturated carbocycles. The molecular formula is C23H29NO6S. The van der Waals surface area contributed by atoms with Gasteiger partial charge in [-0.05, 0) is 56.9 Å². The number of rotatable bonds is 5. The Kier molecular flexibility index (Phi) is 6.73. The van der Waals surface area contributed by atoms with E-state index in [2.05, 4.69) is 0 Å². The summed E-state index contributed by atoms with van der Waals surface area (Å²) in [6, 6.07) is 13.4. The predicted octanol–water partition coefficient (Wildman–Crippen LogP) is 3.42. The van der Waals surface area contributed by atoms with Crippen molar-refractivity contribution in [1.82, 2.24) is 4.90 Å². The summed E-state index contributed by atoms with van der Waals surface area (Å²) in [6.45, 7) is 6.78. The molecule has 0 fully saturated rings. The maximum absolute atomic E-state index is 12.8. The van der Waals surface area contributed by atoms with E-state index in [0.29, 0.717) is 12.0 Å². The number of benzene rings is 2. The number of hydrogen-bond acceptors (Lipinski definition) is 6. The molecule has 1 aliphatic rings. The van der Waals surface area contributed by atoms with Crippen LogP contribution in [0.3, 0.4) is 0 Å². The van der Waals surface area contributed by atoms with E-state index in [0.717, 1.165) is 11.1 Å². The van der Waals surface area contributed by atoms with E-state index in [1.807, 2.05) is 24.3 Å². The highest BCUT2D eigenvalue weighted by molar-refractivity contribution is 7.86. The second-order valence-electron chi connectivity index (χ2n) is 8.72. The average molecular weight is 448 g/mol. The van der Waals surface area contributed by atoms with Gasteiger partial charge in [0.05, 0.1) is 23.6 Å². The van der Waals surface area contributed by atoms with Gasteiger partial charge in [-0.1, -0.05) is 42.5 Å². The number of hydrogen-bond donors (Lipinski definition) is 1. The van der Waals surface area contributed by atoms with E-state index in [9.17, 15) is 18.3 Å². The summed E-state index contributed by atoms with van der Waals surface area (Å²) >= 11 is 0. The Morgan fingerprint density at radius 2 is 1.74 bits per heavy atom. The number of aliphatic hydroxyl groups is 1. The molecule has 2 atom stereocenters. The van der Waals surface area contributed by atoms with E-state index < -0.39 is 40.6 Å². The van der Waals surface area contributed by atoms with Crippen molar-refractivity contribution in [2.45, 2.75) is 63.3 Å². The highest BCUT2D eigenvalue weighted by Gasteiger charge is 2.37. The maximum atomic E-state index is 12.8. The van der Waals surface area contributed by atoms with Crippen LogP contribution in [0.2, 0.25) is 0 Å². The van der Waals surface area contributed by atoms with Crippen LogP contribution in [0.25, 0.3) is 0 Å². The largest absolute Gasteiger partial charge is 0.444 e. The Morgan fingerprint density at radius 3 is 2.39 bits per heavy atom. The first kappa shape index (κ1) is 23.2. The van der Waals surface area contributed by atoms with Gasteiger partial charge in [-0.3, -0.25) is 9.08 Å². The molecule has 0 saturated heterocycles. The van der Waals surface area contributed by atoms with Gasteiger partial charge in [-0.2, -0.15) is 8.42 Å². The van der Waals surface area contributed by atoms with Crippen molar-refractivity contribution < 1.29 is 27.2 Å². The van der Waals surface area contributed by atoms with Crippen LogP contribution in [0.1, 0.15) is 37.5 Å². The van der Waals surface area contributed by atoms with Gasteiger partial charge in [0.15, 0.2) is 0 Å². The number of amides is 1. The fourth-order valence-corrected chi connectivity index (χ4v) is 4.74. The minimum Gasteiger partial charge on any atom is -0.444 e. The Hall–Kier alpha value is -2.42. The minimum atomic E-state index is -4.05. The molecule has 0 radical (unpaired) electrons. The predicted molar refractivity (Wildman–Crippen MR) is 116 cm³/mol. The second-order valence-corrected chi connectivity index (χ2v) is 10.3. The fraction of sp³-hybridized carbons (Fsp3) is 0.435. The Labute approximate surface area is 183 Å². The van der Waals surface area contributed by atoms with Crippen molar-refractivity contribution in [2.24, 2.45) is 0 Å². The SMILES string of the molecule is Cc1ccccc1S(=O)(=O)OCC(O)[C@@H]1Cc2ccccc2CN1C(=O)OC(C)(C)C. The summed E-state index contributed by atoms with van der Waals surface area (Å²) in [6.07, 6.45) is -1.42. The van der Waals surface area contributed by atoms with Crippen molar-refractivity contribution in [3.8, 4) is 0 Å². The Bertz CT molecular complexity index is 1040. The van der Waals surface area contributed by atoms with Crippen LogP contribution in [0.5, 0.6) is 0 Å². The van der Waals surface area contributed by atoms with Gasteiger partial charge < -0.3 is 9.84 Å². The first-order valence-electron chi connectivity index (χ1n) is 10.2. The summed E-state index contributed by atoms with van der Waals surface area (Å²) < 4.78 is 35.9. The summed E-state index contributed by atoms with van der Waals surface area (Å²) in [5.41, 5.74) is 1.81. The highest BCUT2D eigenvalue weighted by Crippen LogP contribution is 2.28.